The summed E-state index contributed by atoms with van der Waals surface area (Å²) in [5.74, 6) is 0.596. The van der Waals surface area contributed by atoms with E-state index in [1.54, 1.807) is 42.7 Å². The molecule has 0 spiro atoms. The van der Waals surface area contributed by atoms with Gasteiger partial charge in [-0.3, -0.25) is 9.59 Å². The topological polar surface area (TPSA) is 78.4 Å². The molecule has 2 amide bonds. The van der Waals surface area contributed by atoms with Crippen LogP contribution in [0.2, 0.25) is 0 Å². The minimum Gasteiger partial charge on any atom is -0.352 e. The Morgan fingerprint density at radius 1 is 0.964 bits per heavy atom. The Kier molecular flexibility index (Phi) is 6.94. The van der Waals surface area contributed by atoms with Gasteiger partial charge in [-0.2, -0.15) is 0 Å². The smallest absolute Gasteiger partial charge is 0.253 e. The zero-order valence-electron chi connectivity index (χ0n) is 16.3. The fourth-order valence-electron chi connectivity index (χ4n) is 3.19. The Morgan fingerprint density at radius 2 is 1.61 bits per heavy atom. The number of unbranched alkanes of at least 4 members (excludes halogenated alkanes) is 2. The second kappa shape index (κ2) is 9.82. The summed E-state index contributed by atoms with van der Waals surface area (Å²) >= 11 is 0. The van der Waals surface area contributed by atoms with Crippen LogP contribution >= 0.6 is 0 Å². The number of hydrogen-bond donors (Lipinski definition) is 1. The number of piperazine rings is 1. The van der Waals surface area contributed by atoms with Crippen molar-refractivity contribution in [2.24, 2.45) is 0 Å². The van der Waals surface area contributed by atoms with E-state index in [2.05, 4.69) is 27.1 Å². The zero-order chi connectivity index (χ0) is 19.8. The predicted molar refractivity (Wildman–Crippen MR) is 108 cm³/mol. The first kappa shape index (κ1) is 19.8. The number of rotatable bonds is 7. The van der Waals surface area contributed by atoms with Gasteiger partial charge < -0.3 is 15.1 Å². The molecule has 0 radical (unpaired) electrons. The van der Waals surface area contributed by atoms with Crippen molar-refractivity contribution in [1.29, 1.82) is 0 Å². The molecular formula is C21H27N5O2. The van der Waals surface area contributed by atoms with Crippen LogP contribution in [0.5, 0.6) is 0 Å². The van der Waals surface area contributed by atoms with Crippen LogP contribution < -0.4 is 10.2 Å². The first-order valence-electron chi connectivity index (χ1n) is 9.88. The second-order valence-electron chi connectivity index (χ2n) is 6.87. The van der Waals surface area contributed by atoms with Crippen molar-refractivity contribution in [3.63, 3.8) is 0 Å². The van der Waals surface area contributed by atoms with Gasteiger partial charge in [-0.15, -0.1) is 0 Å². The van der Waals surface area contributed by atoms with Crippen LogP contribution in [0.4, 0.5) is 5.95 Å². The van der Waals surface area contributed by atoms with Crippen LogP contribution in [0, 0.1) is 0 Å². The van der Waals surface area contributed by atoms with Gasteiger partial charge in [0.15, 0.2) is 0 Å². The van der Waals surface area contributed by atoms with Crippen molar-refractivity contribution in [2.75, 3.05) is 37.6 Å². The number of anilines is 1. The summed E-state index contributed by atoms with van der Waals surface area (Å²) in [4.78, 5) is 37.3. The fraction of sp³-hybridized carbons (Fsp3) is 0.429. The van der Waals surface area contributed by atoms with E-state index < -0.39 is 0 Å². The van der Waals surface area contributed by atoms with Crippen LogP contribution in [-0.4, -0.2) is 59.4 Å². The first-order valence-corrected chi connectivity index (χ1v) is 9.88. The molecule has 1 fully saturated rings. The van der Waals surface area contributed by atoms with E-state index in [0.29, 0.717) is 49.8 Å². The third kappa shape index (κ3) is 5.06. The monoisotopic (exact) mass is 381 g/mol. The third-order valence-electron chi connectivity index (χ3n) is 4.86. The van der Waals surface area contributed by atoms with Gasteiger partial charge in [0, 0.05) is 56.2 Å². The molecule has 1 aliphatic heterocycles. The summed E-state index contributed by atoms with van der Waals surface area (Å²) in [7, 11) is 0. The molecule has 3 rings (SSSR count). The number of nitrogens with zero attached hydrogens (tertiary/aromatic N) is 4. The van der Waals surface area contributed by atoms with Gasteiger partial charge in [-0.05, 0) is 36.8 Å². The number of carbonyl (C=O) groups excluding carboxylic acids is 2. The average molecular weight is 381 g/mol. The molecular weight excluding hydrogens is 354 g/mol. The van der Waals surface area contributed by atoms with Crippen molar-refractivity contribution in [2.45, 2.75) is 26.2 Å². The summed E-state index contributed by atoms with van der Waals surface area (Å²) in [6.07, 6.45) is 6.66. The van der Waals surface area contributed by atoms with Gasteiger partial charge >= 0.3 is 0 Å². The van der Waals surface area contributed by atoms with Crippen LogP contribution in [0.3, 0.4) is 0 Å². The third-order valence-corrected chi connectivity index (χ3v) is 4.86. The highest BCUT2D eigenvalue weighted by Crippen LogP contribution is 2.13. The largest absolute Gasteiger partial charge is 0.352 e. The number of aromatic nitrogens is 2. The molecule has 7 nitrogen and oxygen atoms in total. The summed E-state index contributed by atoms with van der Waals surface area (Å²) < 4.78 is 0. The number of nitrogens with one attached hydrogen (secondary N) is 1. The molecule has 7 heteroatoms. The number of carbonyl (C=O) groups is 2. The highest BCUT2D eigenvalue weighted by molar-refractivity contribution is 5.97. The lowest BCUT2D eigenvalue weighted by Gasteiger charge is -2.34. The van der Waals surface area contributed by atoms with E-state index in [0.717, 1.165) is 19.3 Å². The second-order valence-corrected chi connectivity index (χ2v) is 6.87. The fourth-order valence-corrected chi connectivity index (χ4v) is 3.19. The quantitative estimate of drug-likeness (QED) is 0.745. The number of amides is 2. The van der Waals surface area contributed by atoms with Gasteiger partial charge in [0.2, 0.25) is 5.95 Å². The lowest BCUT2D eigenvalue weighted by molar-refractivity contribution is 0.0745. The molecule has 0 bridgehead atoms. The molecule has 1 N–H and O–H groups in total. The molecule has 0 unspecified atom stereocenters. The molecule has 148 valence electrons. The molecule has 2 aromatic rings. The van der Waals surface area contributed by atoms with Crippen LogP contribution in [-0.2, 0) is 0 Å². The lowest BCUT2D eigenvalue weighted by Crippen LogP contribution is -2.49. The van der Waals surface area contributed by atoms with Crippen LogP contribution in [0.15, 0.2) is 42.7 Å². The molecule has 1 saturated heterocycles. The average Bonchev–Trinajstić information content (AvgIpc) is 2.77. The van der Waals surface area contributed by atoms with E-state index in [-0.39, 0.29) is 11.8 Å². The summed E-state index contributed by atoms with van der Waals surface area (Å²) in [5, 5.41) is 2.91. The Bertz CT molecular complexity index is 771. The molecule has 28 heavy (non-hydrogen) atoms. The Labute approximate surface area is 165 Å². The first-order chi connectivity index (χ1) is 13.7. The minimum absolute atomic E-state index is 0.0106. The van der Waals surface area contributed by atoms with Crippen molar-refractivity contribution in [3.05, 3.63) is 53.9 Å². The molecule has 0 aliphatic carbocycles. The summed E-state index contributed by atoms with van der Waals surface area (Å²) in [6.45, 7) is 5.46. The number of benzene rings is 1. The molecule has 1 aliphatic rings. The van der Waals surface area contributed by atoms with Crippen LogP contribution in [0.25, 0.3) is 0 Å². The summed E-state index contributed by atoms with van der Waals surface area (Å²) in [6, 6.07) is 8.69. The summed E-state index contributed by atoms with van der Waals surface area (Å²) in [5.41, 5.74) is 1.19. The molecule has 0 saturated carbocycles. The molecule has 0 atom stereocenters. The highest BCUT2D eigenvalue weighted by atomic mass is 16.2. The van der Waals surface area contributed by atoms with Gasteiger partial charge in [-0.1, -0.05) is 19.8 Å². The van der Waals surface area contributed by atoms with E-state index in [9.17, 15) is 9.59 Å². The lowest BCUT2D eigenvalue weighted by atomic mass is 10.1. The van der Waals surface area contributed by atoms with Gasteiger partial charge in [0.25, 0.3) is 11.8 Å². The van der Waals surface area contributed by atoms with Gasteiger partial charge in [0.05, 0.1) is 0 Å². The Balaban J connectivity index is 1.51. The van der Waals surface area contributed by atoms with E-state index in [1.807, 2.05) is 4.90 Å². The van der Waals surface area contributed by atoms with E-state index in [1.165, 1.54) is 0 Å². The maximum Gasteiger partial charge on any atom is 0.253 e. The molecule has 1 aromatic heterocycles. The Hall–Kier alpha value is -2.96. The van der Waals surface area contributed by atoms with Crippen molar-refractivity contribution >= 4 is 17.8 Å². The van der Waals surface area contributed by atoms with Crippen LogP contribution in [0.1, 0.15) is 46.9 Å². The molecule has 2 heterocycles. The maximum atomic E-state index is 12.7. The van der Waals surface area contributed by atoms with Crippen molar-refractivity contribution < 1.29 is 9.59 Å². The standard InChI is InChI=1S/C21H27N5O2/c1-2-3-4-10-22-19(27)17-6-8-18(9-7-17)20(28)25-13-15-26(16-14-25)21-23-11-5-12-24-21/h5-9,11-12H,2-4,10,13-16H2,1H3,(H,22,27). The van der Waals surface area contributed by atoms with Crippen molar-refractivity contribution in [3.8, 4) is 0 Å². The highest BCUT2D eigenvalue weighted by Gasteiger charge is 2.23. The van der Waals surface area contributed by atoms with Gasteiger partial charge in [0.1, 0.15) is 0 Å². The van der Waals surface area contributed by atoms with Crippen molar-refractivity contribution in [1.82, 2.24) is 20.2 Å². The van der Waals surface area contributed by atoms with E-state index >= 15 is 0 Å². The maximum absolute atomic E-state index is 12.7. The van der Waals surface area contributed by atoms with E-state index in [4.69, 9.17) is 0 Å². The van der Waals surface area contributed by atoms with Gasteiger partial charge in [-0.25, -0.2) is 9.97 Å². The zero-order valence-corrected chi connectivity index (χ0v) is 16.3. The normalized spacial score (nSPS) is 14.0. The predicted octanol–water partition coefficient (Wildman–Crippen LogP) is 2.36. The SMILES string of the molecule is CCCCCNC(=O)c1ccc(C(=O)N2CCN(c3ncccn3)CC2)cc1. The molecule has 1 aromatic carbocycles. The Morgan fingerprint density at radius 3 is 2.25 bits per heavy atom. The minimum atomic E-state index is -0.0911. The number of hydrogen-bond acceptors (Lipinski definition) is 5.